The van der Waals surface area contributed by atoms with Gasteiger partial charge in [-0.25, -0.2) is 13.1 Å². The van der Waals surface area contributed by atoms with Gasteiger partial charge in [-0.1, -0.05) is 0 Å². The van der Waals surface area contributed by atoms with Gasteiger partial charge in [-0.3, -0.25) is 10.1 Å². The second-order valence-corrected chi connectivity index (χ2v) is 5.13. The van der Waals surface area contributed by atoms with Crippen molar-refractivity contribution in [2.45, 2.75) is 11.3 Å². The number of ether oxygens (including phenoxy) is 1. The predicted molar refractivity (Wildman–Crippen MR) is 65.1 cm³/mol. The SMILES string of the molecule is COc1ccc(S(=O)(=O)NCCC#N)c([N+](=O)[O-])c1. The third-order valence-corrected chi connectivity index (χ3v) is 3.69. The van der Waals surface area contributed by atoms with Crippen molar-refractivity contribution in [2.75, 3.05) is 13.7 Å². The van der Waals surface area contributed by atoms with E-state index >= 15 is 0 Å². The molecule has 0 aliphatic rings. The lowest BCUT2D eigenvalue weighted by Gasteiger charge is -2.07. The molecule has 8 nitrogen and oxygen atoms in total. The summed E-state index contributed by atoms with van der Waals surface area (Å²) in [4.78, 5) is 9.61. The van der Waals surface area contributed by atoms with Gasteiger partial charge in [-0.15, -0.1) is 0 Å². The molecule has 1 aromatic rings. The van der Waals surface area contributed by atoms with E-state index in [1.807, 2.05) is 0 Å². The minimum absolute atomic E-state index is 0.0246. The van der Waals surface area contributed by atoms with Crippen LogP contribution in [0.25, 0.3) is 0 Å². The molecule has 0 amide bonds. The van der Waals surface area contributed by atoms with Crippen LogP contribution >= 0.6 is 0 Å². The van der Waals surface area contributed by atoms with Crippen molar-refractivity contribution in [1.29, 1.82) is 5.26 Å². The van der Waals surface area contributed by atoms with Gasteiger partial charge in [0, 0.05) is 13.0 Å². The zero-order chi connectivity index (χ0) is 14.5. The van der Waals surface area contributed by atoms with E-state index in [0.29, 0.717) is 0 Å². The fourth-order valence-corrected chi connectivity index (χ4v) is 2.50. The van der Waals surface area contributed by atoms with Crippen LogP contribution in [0.1, 0.15) is 6.42 Å². The summed E-state index contributed by atoms with van der Waals surface area (Å²) in [5.41, 5.74) is -0.580. The molecule has 0 aliphatic heterocycles. The average Bonchev–Trinajstić information content (AvgIpc) is 2.38. The van der Waals surface area contributed by atoms with Crippen LogP contribution in [0.15, 0.2) is 23.1 Å². The molecule has 0 aliphatic carbocycles. The van der Waals surface area contributed by atoms with Crippen molar-refractivity contribution in [1.82, 2.24) is 4.72 Å². The molecule has 0 radical (unpaired) electrons. The molecule has 0 fully saturated rings. The van der Waals surface area contributed by atoms with Gasteiger partial charge in [0.25, 0.3) is 5.69 Å². The summed E-state index contributed by atoms with van der Waals surface area (Å²) < 4.78 is 30.7. The fraction of sp³-hybridized carbons (Fsp3) is 0.300. The predicted octanol–water partition coefficient (Wildman–Crippen LogP) is 0.795. The van der Waals surface area contributed by atoms with Crippen LogP contribution in [-0.4, -0.2) is 27.0 Å². The van der Waals surface area contributed by atoms with Gasteiger partial charge >= 0.3 is 0 Å². The van der Waals surface area contributed by atoms with Crippen molar-refractivity contribution in [3.8, 4) is 11.8 Å². The molecule has 0 unspecified atom stereocenters. The van der Waals surface area contributed by atoms with Crippen LogP contribution in [0.2, 0.25) is 0 Å². The number of nitro benzene ring substituents is 1. The number of nitro groups is 1. The molecule has 1 rings (SSSR count). The van der Waals surface area contributed by atoms with Gasteiger partial charge in [0.2, 0.25) is 10.0 Å². The molecule has 102 valence electrons. The zero-order valence-electron chi connectivity index (χ0n) is 9.99. The molecule has 0 heterocycles. The number of nitrogens with one attached hydrogen (secondary N) is 1. The number of rotatable bonds is 6. The largest absolute Gasteiger partial charge is 0.497 e. The van der Waals surface area contributed by atoms with Crippen molar-refractivity contribution in [2.24, 2.45) is 0 Å². The first-order valence-electron chi connectivity index (χ1n) is 5.11. The van der Waals surface area contributed by atoms with E-state index in [4.69, 9.17) is 10.00 Å². The Morgan fingerprint density at radius 2 is 2.21 bits per heavy atom. The van der Waals surface area contributed by atoms with E-state index in [0.717, 1.165) is 12.1 Å². The summed E-state index contributed by atoms with van der Waals surface area (Å²) in [7, 11) is -2.71. The normalized spacial score (nSPS) is 10.7. The summed E-state index contributed by atoms with van der Waals surface area (Å²) in [6, 6.07) is 5.19. The van der Waals surface area contributed by atoms with E-state index in [-0.39, 0.29) is 18.7 Å². The lowest BCUT2D eigenvalue weighted by molar-refractivity contribution is -0.387. The van der Waals surface area contributed by atoms with Gasteiger partial charge in [0.05, 0.1) is 24.2 Å². The van der Waals surface area contributed by atoms with E-state index in [9.17, 15) is 18.5 Å². The first kappa shape index (κ1) is 14.9. The van der Waals surface area contributed by atoms with E-state index in [2.05, 4.69) is 4.72 Å². The number of sulfonamides is 1. The van der Waals surface area contributed by atoms with Crippen LogP contribution in [0.3, 0.4) is 0 Å². The number of nitrogens with zero attached hydrogens (tertiary/aromatic N) is 2. The average molecular weight is 285 g/mol. The Kier molecular flexibility index (Phi) is 4.80. The summed E-state index contributed by atoms with van der Waals surface area (Å²) in [6.45, 7) is -0.109. The van der Waals surface area contributed by atoms with Crippen molar-refractivity contribution < 1.29 is 18.1 Å². The van der Waals surface area contributed by atoms with Gasteiger partial charge < -0.3 is 4.74 Å². The number of hydrogen-bond acceptors (Lipinski definition) is 6. The molecule has 9 heteroatoms. The third-order valence-electron chi connectivity index (χ3n) is 2.18. The second-order valence-electron chi connectivity index (χ2n) is 3.40. The third kappa shape index (κ3) is 3.64. The smallest absolute Gasteiger partial charge is 0.293 e. The van der Waals surface area contributed by atoms with Crippen LogP contribution in [0.5, 0.6) is 5.75 Å². The Balaban J connectivity index is 3.19. The minimum atomic E-state index is -4.03. The number of hydrogen-bond donors (Lipinski definition) is 1. The Bertz CT molecular complexity index is 621. The summed E-state index contributed by atoms with van der Waals surface area (Å²) in [5, 5.41) is 19.2. The summed E-state index contributed by atoms with van der Waals surface area (Å²) in [5.74, 6) is 0.183. The molecular weight excluding hydrogens is 274 g/mol. The Labute approximate surface area is 109 Å². The van der Waals surface area contributed by atoms with Gasteiger partial charge in [-0.05, 0) is 12.1 Å². The molecule has 0 bridgehead atoms. The lowest BCUT2D eigenvalue weighted by atomic mass is 10.3. The topological polar surface area (TPSA) is 122 Å². The Hall–Kier alpha value is -2.18. The van der Waals surface area contributed by atoms with Crippen molar-refractivity contribution in [3.63, 3.8) is 0 Å². The second kappa shape index (κ2) is 6.12. The van der Waals surface area contributed by atoms with Crippen molar-refractivity contribution >= 4 is 15.7 Å². The van der Waals surface area contributed by atoms with E-state index < -0.39 is 25.5 Å². The quantitative estimate of drug-likeness (QED) is 0.468. The van der Waals surface area contributed by atoms with E-state index in [1.54, 1.807) is 6.07 Å². The molecule has 0 spiro atoms. The van der Waals surface area contributed by atoms with Crippen LogP contribution in [0, 0.1) is 21.4 Å². The van der Waals surface area contributed by atoms with Crippen LogP contribution in [-0.2, 0) is 10.0 Å². The standard InChI is InChI=1S/C10H11N3O5S/c1-18-8-3-4-10(9(7-8)13(14)15)19(16,17)12-6-2-5-11/h3-4,7,12H,2,6H2,1H3. The zero-order valence-corrected chi connectivity index (χ0v) is 10.8. The number of methoxy groups -OCH3 is 1. The van der Waals surface area contributed by atoms with Gasteiger partial charge in [0.1, 0.15) is 5.75 Å². The van der Waals surface area contributed by atoms with E-state index in [1.165, 1.54) is 13.2 Å². The van der Waals surface area contributed by atoms with Crippen LogP contribution < -0.4 is 9.46 Å². The van der Waals surface area contributed by atoms with Crippen molar-refractivity contribution in [3.05, 3.63) is 28.3 Å². The maximum Gasteiger partial charge on any atom is 0.293 e. The lowest BCUT2D eigenvalue weighted by Crippen LogP contribution is -2.25. The fourth-order valence-electron chi connectivity index (χ4n) is 1.31. The molecule has 19 heavy (non-hydrogen) atoms. The molecule has 1 N–H and O–H groups in total. The maximum atomic E-state index is 11.9. The monoisotopic (exact) mass is 285 g/mol. The Morgan fingerprint density at radius 3 is 2.74 bits per heavy atom. The first-order chi connectivity index (χ1) is 8.92. The van der Waals surface area contributed by atoms with Crippen LogP contribution in [0.4, 0.5) is 5.69 Å². The molecule has 0 aromatic heterocycles. The molecule has 0 atom stereocenters. The first-order valence-corrected chi connectivity index (χ1v) is 6.59. The highest BCUT2D eigenvalue weighted by Gasteiger charge is 2.25. The minimum Gasteiger partial charge on any atom is -0.497 e. The maximum absolute atomic E-state index is 11.9. The van der Waals surface area contributed by atoms with Gasteiger partial charge in [0.15, 0.2) is 4.90 Å². The molecule has 0 saturated heterocycles. The summed E-state index contributed by atoms with van der Waals surface area (Å²) in [6.07, 6.45) is -0.0246. The number of nitriles is 1. The highest BCUT2D eigenvalue weighted by molar-refractivity contribution is 7.89. The molecule has 1 aromatic carbocycles. The Morgan fingerprint density at radius 1 is 1.53 bits per heavy atom. The van der Waals surface area contributed by atoms with Gasteiger partial charge in [-0.2, -0.15) is 5.26 Å². The highest BCUT2D eigenvalue weighted by Crippen LogP contribution is 2.28. The number of benzene rings is 1. The summed E-state index contributed by atoms with van der Waals surface area (Å²) >= 11 is 0. The molecule has 0 saturated carbocycles. The highest BCUT2D eigenvalue weighted by atomic mass is 32.2. The molecular formula is C10H11N3O5S.